The number of benzene rings is 3. The Hall–Kier alpha value is -4.00. The van der Waals surface area contributed by atoms with Crippen LogP contribution in [0, 0.1) is 0 Å². The fraction of sp³-hybridized carbons (Fsp3) is 0.200. The van der Waals surface area contributed by atoms with E-state index in [0.717, 1.165) is 11.3 Å². The van der Waals surface area contributed by atoms with Gasteiger partial charge in [0.05, 0.1) is 18.8 Å². The maximum atomic E-state index is 12.5. The molecule has 2 amide bonds. The number of nitrogens with zero attached hydrogens (tertiary/aromatic N) is 1. The van der Waals surface area contributed by atoms with Gasteiger partial charge in [-0.25, -0.2) is 0 Å². The molecule has 0 aromatic heterocycles. The number of ether oxygens (including phenoxy) is 3. The summed E-state index contributed by atoms with van der Waals surface area (Å²) in [5, 5.41) is 2.81. The number of carbonyl (C=O) groups excluding carboxylic acids is 2. The van der Waals surface area contributed by atoms with Crippen LogP contribution in [0.15, 0.2) is 72.8 Å². The Balaban J connectivity index is 1.41. The van der Waals surface area contributed by atoms with Crippen LogP contribution < -0.4 is 24.4 Å². The first kappa shape index (κ1) is 21.2. The van der Waals surface area contributed by atoms with Gasteiger partial charge in [0.2, 0.25) is 0 Å². The monoisotopic (exact) mass is 432 g/mol. The molecule has 7 heteroatoms. The van der Waals surface area contributed by atoms with Crippen LogP contribution in [-0.2, 0) is 16.1 Å². The highest BCUT2D eigenvalue weighted by Crippen LogP contribution is 2.35. The Morgan fingerprint density at radius 3 is 2.44 bits per heavy atom. The first-order valence-electron chi connectivity index (χ1n) is 10.4. The van der Waals surface area contributed by atoms with E-state index in [1.54, 1.807) is 47.4 Å². The highest BCUT2D eigenvalue weighted by Gasteiger charge is 2.26. The smallest absolute Gasteiger partial charge is 0.265 e. The van der Waals surface area contributed by atoms with E-state index in [2.05, 4.69) is 5.32 Å². The van der Waals surface area contributed by atoms with Gasteiger partial charge in [0.1, 0.15) is 17.2 Å². The summed E-state index contributed by atoms with van der Waals surface area (Å²) in [5.41, 5.74) is 2.18. The molecule has 32 heavy (non-hydrogen) atoms. The zero-order chi connectivity index (χ0) is 22.3. The average molecular weight is 432 g/mol. The molecule has 1 aliphatic rings. The third-order valence-corrected chi connectivity index (χ3v) is 4.87. The second-order valence-electron chi connectivity index (χ2n) is 7.18. The van der Waals surface area contributed by atoms with E-state index in [0.29, 0.717) is 36.0 Å². The molecule has 4 rings (SSSR count). The molecule has 3 aromatic carbocycles. The van der Waals surface area contributed by atoms with E-state index in [4.69, 9.17) is 14.2 Å². The Labute approximate surface area is 186 Å². The number of rotatable bonds is 8. The Bertz CT molecular complexity index is 1080. The van der Waals surface area contributed by atoms with E-state index in [-0.39, 0.29) is 25.0 Å². The molecule has 0 saturated heterocycles. The fourth-order valence-corrected chi connectivity index (χ4v) is 3.36. The lowest BCUT2D eigenvalue weighted by molar-refractivity contribution is -0.121. The quantitative estimate of drug-likeness (QED) is 0.582. The lowest BCUT2D eigenvalue weighted by atomic mass is 10.1. The molecule has 1 N–H and O–H groups in total. The molecule has 3 aromatic rings. The number of nitrogens with one attached hydrogen (secondary N) is 1. The minimum absolute atomic E-state index is 0.0124. The van der Waals surface area contributed by atoms with E-state index >= 15 is 0 Å². The van der Waals surface area contributed by atoms with Crippen LogP contribution in [0.2, 0.25) is 0 Å². The van der Waals surface area contributed by atoms with E-state index in [9.17, 15) is 9.59 Å². The Kier molecular flexibility index (Phi) is 6.55. The Morgan fingerprint density at radius 1 is 1.00 bits per heavy atom. The van der Waals surface area contributed by atoms with Gasteiger partial charge in [0.15, 0.2) is 13.2 Å². The van der Waals surface area contributed by atoms with Gasteiger partial charge in [-0.1, -0.05) is 30.3 Å². The van der Waals surface area contributed by atoms with Crippen LogP contribution in [0.4, 0.5) is 11.4 Å². The minimum atomic E-state index is -0.309. The maximum absolute atomic E-state index is 12.5. The summed E-state index contributed by atoms with van der Waals surface area (Å²) < 4.78 is 16.5. The minimum Gasteiger partial charge on any atom is -0.494 e. The van der Waals surface area contributed by atoms with Crippen molar-refractivity contribution in [3.05, 3.63) is 78.4 Å². The molecule has 1 aliphatic heterocycles. The molecule has 0 unspecified atom stereocenters. The number of fused-ring (bicyclic) bond motifs is 1. The molecule has 0 spiro atoms. The van der Waals surface area contributed by atoms with Gasteiger partial charge in [-0.2, -0.15) is 0 Å². The summed E-state index contributed by atoms with van der Waals surface area (Å²) in [6.45, 7) is 2.77. The summed E-state index contributed by atoms with van der Waals surface area (Å²) in [4.78, 5) is 26.6. The summed E-state index contributed by atoms with van der Waals surface area (Å²) in [5.74, 6) is 1.47. The van der Waals surface area contributed by atoms with E-state index < -0.39 is 0 Å². The van der Waals surface area contributed by atoms with Gasteiger partial charge in [0, 0.05) is 5.69 Å². The zero-order valence-electron chi connectivity index (χ0n) is 17.7. The van der Waals surface area contributed by atoms with Crippen molar-refractivity contribution < 1.29 is 23.8 Å². The molecule has 1 heterocycles. The molecule has 0 atom stereocenters. The van der Waals surface area contributed by atoms with Crippen LogP contribution in [0.25, 0.3) is 0 Å². The molecule has 164 valence electrons. The second-order valence-corrected chi connectivity index (χ2v) is 7.18. The SMILES string of the molecule is CCOc1ccc(OCC(=O)Nc2ccc3c(c2)N(Cc2ccccc2)C(=O)CO3)cc1. The number of hydrogen-bond acceptors (Lipinski definition) is 5. The van der Waals surface area contributed by atoms with Crippen molar-refractivity contribution in [2.75, 3.05) is 30.0 Å². The van der Waals surface area contributed by atoms with Gasteiger partial charge >= 0.3 is 0 Å². The van der Waals surface area contributed by atoms with Gasteiger partial charge < -0.3 is 24.4 Å². The first-order chi connectivity index (χ1) is 15.6. The lowest BCUT2D eigenvalue weighted by Crippen LogP contribution is -2.38. The predicted molar refractivity (Wildman–Crippen MR) is 121 cm³/mol. The standard InChI is InChI=1S/C25H24N2O5/c1-2-30-20-9-11-21(12-10-20)31-16-24(28)26-19-8-13-23-22(14-19)27(25(29)17-32-23)15-18-6-4-3-5-7-18/h3-14H,2,15-17H2,1H3,(H,26,28). The maximum Gasteiger partial charge on any atom is 0.265 e. The van der Waals surface area contributed by atoms with Crippen LogP contribution in [0.5, 0.6) is 17.2 Å². The highest BCUT2D eigenvalue weighted by molar-refractivity contribution is 5.99. The molecular weight excluding hydrogens is 408 g/mol. The normalized spacial score (nSPS) is 12.5. The Morgan fingerprint density at radius 2 is 1.72 bits per heavy atom. The van der Waals surface area contributed by atoms with Crippen LogP contribution >= 0.6 is 0 Å². The van der Waals surface area contributed by atoms with Crippen molar-refractivity contribution >= 4 is 23.2 Å². The first-order valence-corrected chi connectivity index (χ1v) is 10.4. The van der Waals surface area contributed by atoms with Crippen molar-refractivity contribution in [1.82, 2.24) is 0 Å². The lowest BCUT2D eigenvalue weighted by Gasteiger charge is -2.30. The van der Waals surface area contributed by atoms with Gasteiger partial charge in [0.25, 0.3) is 11.8 Å². The van der Waals surface area contributed by atoms with Crippen molar-refractivity contribution in [2.24, 2.45) is 0 Å². The van der Waals surface area contributed by atoms with Gasteiger partial charge in [-0.05, 0) is 55.0 Å². The number of anilines is 2. The van der Waals surface area contributed by atoms with Gasteiger partial charge in [-0.15, -0.1) is 0 Å². The molecule has 7 nitrogen and oxygen atoms in total. The molecule has 0 radical (unpaired) electrons. The molecule has 0 fully saturated rings. The summed E-state index contributed by atoms with van der Waals surface area (Å²) in [7, 11) is 0. The third kappa shape index (κ3) is 5.18. The van der Waals surface area contributed by atoms with Crippen LogP contribution in [-0.4, -0.2) is 31.6 Å². The third-order valence-electron chi connectivity index (χ3n) is 4.87. The summed E-state index contributed by atoms with van der Waals surface area (Å²) >= 11 is 0. The van der Waals surface area contributed by atoms with Crippen molar-refractivity contribution in [1.29, 1.82) is 0 Å². The predicted octanol–water partition coefficient (Wildman–Crippen LogP) is 4.03. The number of amides is 2. The largest absolute Gasteiger partial charge is 0.494 e. The summed E-state index contributed by atoms with van der Waals surface area (Å²) in [6, 6.07) is 22.0. The van der Waals surface area contributed by atoms with Gasteiger partial charge in [-0.3, -0.25) is 9.59 Å². The van der Waals surface area contributed by atoms with Crippen molar-refractivity contribution in [3.8, 4) is 17.2 Å². The van der Waals surface area contributed by atoms with Crippen LogP contribution in [0.3, 0.4) is 0 Å². The van der Waals surface area contributed by atoms with E-state index in [1.807, 2.05) is 37.3 Å². The average Bonchev–Trinajstić information content (AvgIpc) is 2.81. The molecule has 0 saturated carbocycles. The second kappa shape index (κ2) is 9.87. The molecule has 0 aliphatic carbocycles. The number of hydrogen-bond donors (Lipinski definition) is 1. The topological polar surface area (TPSA) is 77.1 Å². The van der Waals surface area contributed by atoms with Crippen molar-refractivity contribution in [2.45, 2.75) is 13.5 Å². The molecular formula is C25H24N2O5. The van der Waals surface area contributed by atoms with E-state index in [1.165, 1.54) is 0 Å². The fourth-order valence-electron chi connectivity index (χ4n) is 3.36. The summed E-state index contributed by atoms with van der Waals surface area (Å²) in [6.07, 6.45) is 0. The molecule has 0 bridgehead atoms. The zero-order valence-corrected chi connectivity index (χ0v) is 17.7. The van der Waals surface area contributed by atoms with Crippen LogP contribution in [0.1, 0.15) is 12.5 Å². The highest BCUT2D eigenvalue weighted by atomic mass is 16.5. The van der Waals surface area contributed by atoms with Crippen molar-refractivity contribution in [3.63, 3.8) is 0 Å². The number of carbonyl (C=O) groups is 2.